The first kappa shape index (κ1) is 17.4. The number of carbonyl (C=O) groups excluding carboxylic acids is 1. The van der Waals surface area contributed by atoms with Crippen molar-refractivity contribution < 1.29 is 23.7 Å². The third-order valence-corrected chi connectivity index (χ3v) is 4.78. The van der Waals surface area contributed by atoms with Gasteiger partial charge >= 0.3 is 0 Å². The molecule has 1 N–H and O–H groups in total. The Morgan fingerprint density at radius 2 is 1.88 bits per heavy atom. The standard InChI is InChI=1S/C18H18BrNO5/c1-22-16-7-12(13(19)8-17(16)23-2)5-14(20-9-21)11-3-4-15-18(6-11)25-10-24-15/h3-4,6-9,14H,5,10H2,1-2H3,(H,20,21). The fourth-order valence-electron chi connectivity index (χ4n) is 2.76. The van der Waals surface area contributed by atoms with Gasteiger partial charge < -0.3 is 24.3 Å². The average Bonchev–Trinajstić information content (AvgIpc) is 3.10. The Balaban J connectivity index is 1.91. The molecule has 7 heteroatoms. The maximum atomic E-state index is 11.1. The molecule has 25 heavy (non-hydrogen) atoms. The van der Waals surface area contributed by atoms with Gasteiger partial charge in [-0.3, -0.25) is 4.79 Å². The van der Waals surface area contributed by atoms with Crippen molar-refractivity contribution in [1.82, 2.24) is 5.32 Å². The Morgan fingerprint density at radius 3 is 2.60 bits per heavy atom. The van der Waals surface area contributed by atoms with Crippen molar-refractivity contribution in [2.24, 2.45) is 0 Å². The van der Waals surface area contributed by atoms with Gasteiger partial charge in [-0.2, -0.15) is 0 Å². The van der Waals surface area contributed by atoms with E-state index in [1.54, 1.807) is 14.2 Å². The molecule has 1 atom stereocenters. The molecule has 1 aliphatic rings. The van der Waals surface area contributed by atoms with Crippen LogP contribution in [-0.2, 0) is 11.2 Å². The van der Waals surface area contributed by atoms with Crippen molar-refractivity contribution in [3.63, 3.8) is 0 Å². The van der Waals surface area contributed by atoms with E-state index in [0.29, 0.717) is 35.8 Å². The van der Waals surface area contributed by atoms with Gasteiger partial charge in [0, 0.05) is 4.47 Å². The normalized spacial score (nSPS) is 13.2. The van der Waals surface area contributed by atoms with E-state index in [9.17, 15) is 4.79 Å². The van der Waals surface area contributed by atoms with E-state index in [4.69, 9.17) is 18.9 Å². The molecule has 0 spiro atoms. The van der Waals surface area contributed by atoms with Crippen LogP contribution in [0.5, 0.6) is 23.0 Å². The van der Waals surface area contributed by atoms with Crippen molar-refractivity contribution >= 4 is 22.3 Å². The van der Waals surface area contributed by atoms with Crippen LogP contribution in [0.15, 0.2) is 34.8 Å². The van der Waals surface area contributed by atoms with E-state index in [1.807, 2.05) is 30.3 Å². The summed E-state index contributed by atoms with van der Waals surface area (Å²) in [7, 11) is 3.18. The number of ether oxygens (including phenoxy) is 4. The van der Waals surface area contributed by atoms with Crippen molar-refractivity contribution in [2.75, 3.05) is 21.0 Å². The second-order valence-corrected chi connectivity index (χ2v) is 6.31. The lowest BCUT2D eigenvalue weighted by Gasteiger charge is -2.19. The Hall–Kier alpha value is -2.41. The zero-order valence-corrected chi connectivity index (χ0v) is 15.5. The summed E-state index contributed by atoms with van der Waals surface area (Å²) in [6, 6.07) is 9.19. The van der Waals surface area contributed by atoms with Gasteiger partial charge in [-0.15, -0.1) is 0 Å². The molecule has 0 aliphatic carbocycles. The Labute approximate surface area is 154 Å². The van der Waals surface area contributed by atoms with Gasteiger partial charge in [-0.25, -0.2) is 0 Å². The monoisotopic (exact) mass is 407 g/mol. The van der Waals surface area contributed by atoms with Crippen LogP contribution in [0.2, 0.25) is 0 Å². The summed E-state index contributed by atoms with van der Waals surface area (Å²) in [6.45, 7) is 0.214. The third-order valence-electron chi connectivity index (χ3n) is 4.04. The number of benzene rings is 2. The lowest BCUT2D eigenvalue weighted by Crippen LogP contribution is -2.22. The van der Waals surface area contributed by atoms with Crippen LogP contribution in [0.4, 0.5) is 0 Å². The molecule has 0 bridgehead atoms. The molecule has 6 nitrogen and oxygen atoms in total. The van der Waals surface area contributed by atoms with Crippen molar-refractivity contribution in [3.8, 4) is 23.0 Å². The molecule has 0 fully saturated rings. The summed E-state index contributed by atoms with van der Waals surface area (Å²) in [5.41, 5.74) is 1.91. The Morgan fingerprint density at radius 1 is 1.16 bits per heavy atom. The molecule has 1 amide bonds. The van der Waals surface area contributed by atoms with Crippen molar-refractivity contribution in [3.05, 3.63) is 45.9 Å². The molecular formula is C18H18BrNO5. The van der Waals surface area contributed by atoms with Gasteiger partial charge in [-0.1, -0.05) is 22.0 Å². The minimum Gasteiger partial charge on any atom is -0.493 e. The van der Waals surface area contributed by atoms with E-state index in [-0.39, 0.29) is 12.8 Å². The third kappa shape index (κ3) is 3.66. The number of hydrogen-bond acceptors (Lipinski definition) is 5. The smallest absolute Gasteiger partial charge is 0.231 e. The molecule has 2 aromatic carbocycles. The molecule has 1 aliphatic heterocycles. The van der Waals surface area contributed by atoms with E-state index in [0.717, 1.165) is 15.6 Å². The minimum absolute atomic E-state index is 0.214. The fraction of sp³-hybridized carbons (Fsp3) is 0.278. The molecular weight excluding hydrogens is 390 g/mol. The first-order valence-electron chi connectivity index (χ1n) is 7.66. The van der Waals surface area contributed by atoms with Crippen LogP contribution < -0.4 is 24.3 Å². The van der Waals surface area contributed by atoms with Crippen LogP contribution in [0.3, 0.4) is 0 Å². The number of methoxy groups -OCH3 is 2. The van der Waals surface area contributed by atoms with Gasteiger partial charge in [0.2, 0.25) is 13.2 Å². The second-order valence-electron chi connectivity index (χ2n) is 5.45. The van der Waals surface area contributed by atoms with Gasteiger partial charge in [0.15, 0.2) is 23.0 Å². The van der Waals surface area contributed by atoms with Crippen molar-refractivity contribution in [2.45, 2.75) is 12.5 Å². The molecule has 2 aromatic rings. The Bertz CT molecular complexity index is 780. The summed E-state index contributed by atoms with van der Waals surface area (Å²) in [4.78, 5) is 11.1. The highest BCUT2D eigenvalue weighted by Gasteiger charge is 2.20. The highest BCUT2D eigenvalue weighted by molar-refractivity contribution is 9.10. The number of nitrogens with one attached hydrogen (secondary N) is 1. The van der Waals surface area contributed by atoms with Crippen LogP contribution in [0, 0.1) is 0 Å². The summed E-state index contributed by atoms with van der Waals surface area (Å²) in [5.74, 6) is 2.67. The number of carbonyl (C=O) groups is 1. The summed E-state index contributed by atoms with van der Waals surface area (Å²) in [6.07, 6.45) is 1.27. The highest BCUT2D eigenvalue weighted by Crippen LogP contribution is 2.37. The van der Waals surface area contributed by atoms with E-state index < -0.39 is 0 Å². The first-order valence-corrected chi connectivity index (χ1v) is 8.45. The van der Waals surface area contributed by atoms with Crippen LogP contribution in [0.25, 0.3) is 0 Å². The lowest BCUT2D eigenvalue weighted by atomic mass is 9.98. The SMILES string of the molecule is COc1cc(Br)c(CC(NC=O)c2ccc3c(c2)OCO3)cc1OC. The molecule has 132 valence electrons. The van der Waals surface area contributed by atoms with Gasteiger partial charge in [-0.05, 0) is 41.8 Å². The minimum atomic E-state index is -0.221. The average molecular weight is 408 g/mol. The van der Waals surface area contributed by atoms with E-state index in [2.05, 4.69) is 21.2 Å². The molecule has 0 radical (unpaired) electrons. The maximum absolute atomic E-state index is 11.1. The summed E-state index contributed by atoms with van der Waals surface area (Å²) in [5, 5.41) is 2.86. The zero-order valence-electron chi connectivity index (χ0n) is 13.9. The van der Waals surface area contributed by atoms with Gasteiger partial charge in [0.05, 0.1) is 20.3 Å². The second kappa shape index (κ2) is 7.65. The first-order chi connectivity index (χ1) is 12.2. The van der Waals surface area contributed by atoms with Gasteiger partial charge in [0.1, 0.15) is 0 Å². The van der Waals surface area contributed by atoms with Crippen LogP contribution in [0.1, 0.15) is 17.2 Å². The number of rotatable bonds is 7. The Kier molecular flexibility index (Phi) is 5.33. The molecule has 1 unspecified atom stereocenters. The van der Waals surface area contributed by atoms with Crippen LogP contribution in [-0.4, -0.2) is 27.4 Å². The summed E-state index contributed by atoms with van der Waals surface area (Å²) < 4.78 is 22.3. The predicted octanol–water partition coefficient (Wildman–Crippen LogP) is 3.22. The number of halogens is 1. The topological polar surface area (TPSA) is 66.0 Å². The molecule has 0 saturated carbocycles. The zero-order chi connectivity index (χ0) is 17.8. The molecule has 0 saturated heterocycles. The summed E-state index contributed by atoms with van der Waals surface area (Å²) >= 11 is 3.56. The van der Waals surface area contributed by atoms with E-state index in [1.165, 1.54) is 0 Å². The molecule has 3 rings (SSSR count). The molecule has 0 aromatic heterocycles. The number of amides is 1. The van der Waals surface area contributed by atoms with Crippen molar-refractivity contribution in [1.29, 1.82) is 0 Å². The predicted molar refractivity (Wildman–Crippen MR) is 95.5 cm³/mol. The van der Waals surface area contributed by atoms with Crippen LogP contribution >= 0.6 is 15.9 Å². The fourth-order valence-corrected chi connectivity index (χ4v) is 3.24. The lowest BCUT2D eigenvalue weighted by molar-refractivity contribution is -0.110. The number of fused-ring (bicyclic) bond motifs is 1. The highest BCUT2D eigenvalue weighted by atomic mass is 79.9. The quantitative estimate of drug-likeness (QED) is 0.713. The van der Waals surface area contributed by atoms with E-state index >= 15 is 0 Å². The number of hydrogen-bond donors (Lipinski definition) is 1. The largest absolute Gasteiger partial charge is 0.493 e. The maximum Gasteiger partial charge on any atom is 0.231 e. The molecule has 1 heterocycles. The van der Waals surface area contributed by atoms with Gasteiger partial charge in [0.25, 0.3) is 0 Å².